The van der Waals surface area contributed by atoms with Crippen LogP contribution in [0.1, 0.15) is 13.8 Å². The van der Waals surface area contributed by atoms with Crippen LogP contribution >= 0.6 is 0 Å². The highest BCUT2D eigenvalue weighted by atomic mass is 32.2. The highest BCUT2D eigenvalue weighted by molar-refractivity contribution is 8.05. The molecule has 0 aromatic heterocycles. The summed E-state index contributed by atoms with van der Waals surface area (Å²) < 4.78 is 27.8. The zero-order chi connectivity index (χ0) is 12.3. The summed E-state index contributed by atoms with van der Waals surface area (Å²) in [6.45, 7) is 3.67. The third-order valence-corrected chi connectivity index (χ3v) is 3.09. The minimum atomic E-state index is -4.26. The summed E-state index contributed by atoms with van der Waals surface area (Å²) in [5.74, 6) is 0.499. The molecular weight excluding hydrogens is 232 g/mol. The predicted octanol–water partition coefficient (Wildman–Crippen LogP) is 1.93. The summed E-state index contributed by atoms with van der Waals surface area (Å²) >= 11 is 0. The maximum Gasteiger partial charge on any atom is 0.427 e. The van der Waals surface area contributed by atoms with Crippen molar-refractivity contribution >= 4 is 15.1 Å². The monoisotopic (exact) mass is 244 g/mol. The Hall–Kier alpha value is -1.56. The Labute approximate surface area is 93.6 Å². The molecule has 1 aromatic rings. The van der Waals surface area contributed by atoms with Crippen molar-refractivity contribution in [3.63, 3.8) is 0 Å². The molecule has 16 heavy (non-hydrogen) atoms. The predicted molar refractivity (Wildman–Crippen MR) is 57.4 cm³/mol. The largest absolute Gasteiger partial charge is 0.491 e. The Morgan fingerprint density at radius 2 is 1.75 bits per heavy atom. The fourth-order valence-corrected chi connectivity index (χ4v) is 1.77. The van der Waals surface area contributed by atoms with Gasteiger partial charge in [-0.2, -0.15) is 0 Å². The summed E-state index contributed by atoms with van der Waals surface area (Å²) in [6.07, 6.45) is -0.0260. The van der Waals surface area contributed by atoms with Crippen molar-refractivity contribution in [2.24, 2.45) is 0 Å². The summed E-state index contributed by atoms with van der Waals surface area (Å²) in [4.78, 5) is 10.2. The molecule has 0 spiro atoms. The first-order valence-corrected chi connectivity index (χ1v) is 6.07. The lowest BCUT2D eigenvalue weighted by molar-refractivity contribution is 0.219. The molecule has 0 unspecified atom stereocenters. The SMILES string of the molecule is CC(C)Oc1ccc(S(=O)(=O)C(=O)O)cc1. The molecule has 0 saturated heterocycles. The van der Waals surface area contributed by atoms with Crippen molar-refractivity contribution in [3.05, 3.63) is 24.3 Å². The van der Waals surface area contributed by atoms with Crippen LogP contribution in [0.15, 0.2) is 29.2 Å². The van der Waals surface area contributed by atoms with Crippen molar-refractivity contribution in [1.29, 1.82) is 0 Å². The number of carboxylic acid groups (broad SMARTS) is 1. The number of carbonyl (C=O) groups is 1. The summed E-state index contributed by atoms with van der Waals surface area (Å²) in [5, 5.41) is 6.63. The molecule has 0 heterocycles. The quantitative estimate of drug-likeness (QED) is 0.878. The van der Waals surface area contributed by atoms with Crippen LogP contribution in [0.25, 0.3) is 0 Å². The van der Waals surface area contributed by atoms with Crippen molar-refractivity contribution in [3.8, 4) is 5.75 Å². The average molecular weight is 244 g/mol. The molecule has 88 valence electrons. The maximum atomic E-state index is 11.2. The van der Waals surface area contributed by atoms with Crippen LogP contribution in [-0.4, -0.2) is 24.9 Å². The fourth-order valence-electron chi connectivity index (χ4n) is 1.07. The van der Waals surface area contributed by atoms with Gasteiger partial charge >= 0.3 is 5.30 Å². The zero-order valence-corrected chi connectivity index (χ0v) is 9.69. The first kappa shape index (κ1) is 12.5. The van der Waals surface area contributed by atoms with Gasteiger partial charge in [-0.3, -0.25) is 0 Å². The van der Waals surface area contributed by atoms with Crippen molar-refractivity contribution in [1.82, 2.24) is 0 Å². The highest BCUT2D eigenvalue weighted by Gasteiger charge is 2.23. The van der Waals surface area contributed by atoms with E-state index in [9.17, 15) is 13.2 Å². The van der Waals surface area contributed by atoms with Crippen LogP contribution in [0.2, 0.25) is 0 Å². The van der Waals surface area contributed by atoms with Gasteiger partial charge in [0.05, 0.1) is 11.0 Å². The van der Waals surface area contributed by atoms with E-state index in [-0.39, 0.29) is 11.0 Å². The molecule has 0 amide bonds. The first-order chi connectivity index (χ1) is 7.34. The summed E-state index contributed by atoms with van der Waals surface area (Å²) in [7, 11) is -4.26. The lowest BCUT2D eigenvalue weighted by Crippen LogP contribution is -2.12. The molecule has 0 aliphatic carbocycles. The third kappa shape index (κ3) is 2.73. The molecule has 1 aromatic carbocycles. The van der Waals surface area contributed by atoms with Gasteiger partial charge in [0, 0.05) is 0 Å². The van der Waals surface area contributed by atoms with E-state index < -0.39 is 15.1 Å². The van der Waals surface area contributed by atoms with Crippen molar-refractivity contribution in [2.75, 3.05) is 0 Å². The zero-order valence-electron chi connectivity index (χ0n) is 8.88. The van der Waals surface area contributed by atoms with Gasteiger partial charge in [-0.05, 0) is 38.1 Å². The second-order valence-electron chi connectivity index (χ2n) is 3.41. The second-order valence-corrected chi connectivity index (χ2v) is 5.23. The average Bonchev–Trinajstić information content (AvgIpc) is 2.17. The normalized spacial score (nSPS) is 11.4. The minimum absolute atomic E-state index is 0.0260. The van der Waals surface area contributed by atoms with E-state index in [1.807, 2.05) is 13.8 Å². The van der Waals surface area contributed by atoms with Gasteiger partial charge < -0.3 is 9.84 Å². The molecular formula is C10H12O5S. The lowest BCUT2D eigenvalue weighted by Gasteiger charge is -2.09. The Bertz CT molecular complexity index is 472. The standard InChI is InChI=1S/C10H12O5S/c1-7(2)15-8-3-5-9(6-4-8)16(13,14)10(11)12/h3-7H,1-2H3,(H,11,12). The van der Waals surface area contributed by atoms with Crippen LogP contribution in [0.5, 0.6) is 5.75 Å². The topological polar surface area (TPSA) is 80.7 Å². The highest BCUT2D eigenvalue weighted by Crippen LogP contribution is 2.18. The Kier molecular flexibility index (Phi) is 3.54. The van der Waals surface area contributed by atoms with Gasteiger partial charge in [-0.25, -0.2) is 13.2 Å². The summed E-state index contributed by atoms with van der Waals surface area (Å²) in [6, 6.07) is 5.27. The van der Waals surface area contributed by atoms with E-state index in [1.54, 1.807) is 0 Å². The molecule has 0 aliphatic rings. The van der Waals surface area contributed by atoms with Gasteiger partial charge in [0.25, 0.3) is 9.84 Å². The second kappa shape index (κ2) is 4.52. The van der Waals surface area contributed by atoms with Crippen molar-refractivity contribution < 1.29 is 23.1 Å². The number of sulfone groups is 1. The molecule has 0 saturated carbocycles. The van der Waals surface area contributed by atoms with Crippen LogP contribution in [0.4, 0.5) is 4.79 Å². The van der Waals surface area contributed by atoms with Crippen LogP contribution in [-0.2, 0) is 9.84 Å². The Morgan fingerprint density at radius 1 is 1.25 bits per heavy atom. The van der Waals surface area contributed by atoms with Gasteiger partial charge in [0.2, 0.25) is 0 Å². The smallest absolute Gasteiger partial charge is 0.427 e. The Balaban J connectivity index is 3.00. The van der Waals surface area contributed by atoms with E-state index in [4.69, 9.17) is 9.84 Å². The molecule has 0 aliphatic heterocycles. The van der Waals surface area contributed by atoms with E-state index >= 15 is 0 Å². The van der Waals surface area contributed by atoms with E-state index in [2.05, 4.69) is 0 Å². The molecule has 6 heteroatoms. The maximum absolute atomic E-state index is 11.2. The molecule has 0 radical (unpaired) electrons. The van der Waals surface area contributed by atoms with E-state index in [0.717, 1.165) is 0 Å². The molecule has 0 atom stereocenters. The molecule has 0 bridgehead atoms. The van der Waals surface area contributed by atoms with Gasteiger partial charge in [-0.1, -0.05) is 0 Å². The number of hydrogen-bond acceptors (Lipinski definition) is 4. The summed E-state index contributed by atoms with van der Waals surface area (Å²) in [5.41, 5.74) is 0. The van der Waals surface area contributed by atoms with E-state index in [1.165, 1.54) is 24.3 Å². The van der Waals surface area contributed by atoms with E-state index in [0.29, 0.717) is 5.75 Å². The minimum Gasteiger partial charge on any atom is -0.491 e. The van der Waals surface area contributed by atoms with Gasteiger partial charge in [0.1, 0.15) is 5.75 Å². The van der Waals surface area contributed by atoms with Gasteiger partial charge in [0.15, 0.2) is 0 Å². The van der Waals surface area contributed by atoms with Crippen LogP contribution < -0.4 is 4.74 Å². The number of hydrogen-bond donors (Lipinski definition) is 1. The van der Waals surface area contributed by atoms with Crippen LogP contribution in [0.3, 0.4) is 0 Å². The molecule has 5 nitrogen and oxygen atoms in total. The third-order valence-electron chi connectivity index (χ3n) is 1.74. The van der Waals surface area contributed by atoms with Crippen LogP contribution in [0, 0.1) is 0 Å². The molecule has 1 N–H and O–H groups in total. The first-order valence-electron chi connectivity index (χ1n) is 4.59. The molecule has 0 fully saturated rings. The fraction of sp³-hybridized carbons (Fsp3) is 0.300. The number of benzene rings is 1. The van der Waals surface area contributed by atoms with Crippen molar-refractivity contribution in [2.45, 2.75) is 24.8 Å². The lowest BCUT2D eigenvalue weighted by atomic mass is 10.3. The number of rotatable bonds is 3. The van der Waals surface area contributed by atoms with Gasteiger partial charge in [-0.15, -0.1) is 0 Å². The Morgan fingerprint density at radius 3 is 2.12 bits per heavy atom. The number of ether oxygens (including phenoxy) is 1. The molecule has 1 rings (SSSR count).